The molecule has 2 aromatic rings. The van der Waals surface area contributed by atoms with Crippen molar-refractivity contribution < 1.29 is 13.2 Å². The van der Waals surface area contributed by atoms with Crippen LogP contribution in [0.5, 0.6) is 0 Å². The van der Waals surface area contributed by atoms with Crippen molar-refractivity contribution >= 4 is 26.6 Å². The van der Waals surface area contributed by atoms with E-state index in [1.165, 1.54) is 17.0 Å². The lowest BCUT2D eigenvalue weighted by molar-refractivity contribution is -0.122. The topological polar surface area (TPSA) is 98.1 Å². The average molecular weight is 319 g/mol. The Kier molecular flexibility index (Phi) is 3.53. The predicted octanol–water partition coefficient (Wildman–Crippen LogP) is -0.177. The summed E-state index contributed by atoms with van der Waals surface area (Å²) in [5, 5.41) is 4.08. The van der Waals surface area contributed by atoms with Crippen LogP contribution in [0.3, 0.4) is 0 Å². The highest BCUT2D eigenvalue weighted by molar-refractivity contribution is 7.94. The van der Waals surface area contributed by atoms with Crippen LogP contribution in [0.1, 0.15) is 0 Å². The maximum atomic E-state index is 12.2. The van der Waals surface area contributed by atoms with Gasteiger partial charge in [-0.2, -0.15) is 0 Å². The van der Waals surface area contributed by atoms with Crippen LogP contribution >= 0.6 is 0 Å². The van der Waals surface area contributed by atoms with Crippen molar-refractivity contribution in [3.63, 3.8) is 0 Å². The summed E-state index contributed by atoms with van der Waals surface area (Å²) in [7, 11) is -3.23. The van der Waals surface area contributed by atoms with Crippen molar-refractivity contribution in [2.45, 2.75) is 12.6 Å². The van der Waals surface area contributed by atoms with Gasteiger partial charge in [0.05, 0.1) is 29.0 Å². The van der Waals surface area contributed by atoms with Crippen molar-refractivity contribution in [3.8, 4) is 0 Å². The van der Waals surface area contributed by atoms with Gasteiger partial charge in [-0.1, -0.05) is 12.1 Å². The molecule has 8 heteroatoms. The number of para-hydroxylation sites is 1. The standard InChI is InChI=1S/C14H13N3O4S/c18-13(16-10-5-6-22(20,21)8-10)7-17-9-15-12-4-2-1-3-11(12)14(17)19/h1-6,9-10H,7-8H2,(H,16,18). The van der Waals surface area contributed by atoms with Crippen LogP contribution in [0.2, 0.25) is 0 Å². The van der Waals surface area contributed by atoms with E-state index in [1.807, 2.05) is 0 Å². The molecule has 1 atom stereocenters. The minimum atomic E-state index is -3.23. The Bertz CT molecular complexity index is 930. The molecule has 3 rings (SSSR count). The normalized spacial score (nSPS) is 19.4. The molecule has 1 aromatic heterocycles. The quantitative estimate of drug-likeness (QED) is 0.846. The summed E-state index contributed by atoms with van der Waals surface area (Å²) in [6.45, 7) is -0.207. The number of fused-ring (bicyclic) bond motifs is 1. The highest BCUT2D eigenvalue weighted by Gasteiger charge is 2.23. The number of sulfone groups is 1. The van der Waals surface area contributed by atoms with Crippen LogP contribution in [-0.4, -0.2) is 35.7 Å². The van der Waals surface area contributed by atoms with Crippen LogP contribution in [0, 0.1) is 0 Å². The second-order valence-corrected chi connectivity index (χ2v) is 6.96. The maximum absolute atomic E-state index is 12.2. The summed E-state index contributed by atoms with van der Waals surface area (Å²) in [6.07, 6.45) is 2.74. The number of hydrogen-bond donors (Lipinski definition) is 1. The van der Waals surface area contributed by atoms with Crippen molar-refractivity contribution in [3.05, 3.63) is 52.4 Å². The largest absolute Gasteiger partial charge is 0.347 e. The fourth-order valence-electron chi connectivity index (χ4n) is 2.29. The van der Waals surface area contributed by atoms with Gasteiger partial charge in [-0.25, -0.2) is 13.4 Å². The first-order valence-corrected chi connectivity index (χ1v) is 8.31. The second kappa shape index (κ2) is 5.38. The molecular formula is C14H13N3O4S. The molecule has 0 fully saturated rings. The van der Waals surface area contributed by atoms with Gasteiger partial charge in [-0.15, -0.1) is 0 Å². The van der Waals surface area contributed by atoms with Crippen LogP contribution < -0.4 is 10.9 Å². The maximum Gasteiger partial charge on any atom is 0.261 e. The van der Waals surface area contributed by atoms with E-state index in [9.17, 15) is 18.0 Å². The third kappa shape index (κ3) is 2.91. The molecule has 7 nitrogen and oxygen atoms in total. The van der Waals surface area contributed by atoms with Crippen molar-refractivity contribution in [2.24, 2.45) is 0 Å². The highest BCUT2D eigenvalue weighted by Crippen LogP contribution is 2.08. The number of amides is 1. The van der Waals surface area contributed by atoms with Gasteiger partial charge in [-0.05, 0) is 18.2 Å². The Morgan fingerprint density at radius 2 is 2.14 bits per heavy atom. The summed E-state index contributed by atoms with van der Waals surface area (Å²) in [4.78, 5) is 28.3. The zero-order valence-electron chi connectivity index (χ0n) is 11.5. The van der Waals surface area contributed by atoms with Gasteiger partial charge in [0.15, 0.2) is 9.84 Å². The Labute approximate surface area is 126 Å². The predicted molar refractivity (Wildman–Crippen MR) is 80.9 cm³/mol. The molecule has 0 spiro atoms. The molecule has 2 heterocycles. The van der Waals surface area contributed by atoms with E-state index in [4.69, 9.17) is 0 Å². The van der Waals surface area contributed by atoms with Crippen molar-refractivity contribution in [1.29, 1.82) is 0 Å². The first kappa shape index (κ1) is 14.5. The summed E-state index contributed by atoms with van der Waals surface area (Å²) < 4.78 is 23.8. The summed E-state index contributed by atoms with van der Waals surface area (Å²) >= 11 is 0. The van der Waals surface area contributed by atoms with Gasteiger partial charge >= 0.3 is 0 Å². The van der Waals surface area contributed by atoms with E-state index in [0.717, 1.165) is 5.41 Å². The lowest BCUT2D eigenvalue weighted by atomic mass is 10.2. The van der Waals surface area contributed by atoms with Gasteiger partial charge in [0.1, 0.15) is 6.54 Å². The van der Waals surface area contributed by atoms with Crippen molar-refractivity contribution in [2.75, 3.05) is 5.75 Å². The molecule has 1 aromatic carbocycles. The van der Waals surface area contributed by atoms with E-state index in [2.05, 4.69) is 10.3 Å². The molecule has 0 radical (unpaired) electrons. The van der Waals surface area contributed by atoms with Crippen LogP contribution in [0.4, 0.5) is 0 Å². The molecule has 0 bridgehead atoms. The second-order valence-electron chi connectivity index (χ2n) is 5.03. The lowest BCUT2D eigenvalue weighted by Gasteiger charge is -2.11. The first-order valence-electron chi connectivity index (χ1n) is 6.59. The molecule has 0 saturated heterocycles. The zero-order chi connectivity index (χ0) is 15.7. The number of carbonyl (C=O) groups excluding carboxylic acids is 1. The Morgan fingerprint density at radius 3 is 2.86 bits per heavy atom. The Morgan fingerprint density at radius 1 is 1.36 bits per heavy atom. The monoisotopic (exact) mass is 319 g/mol. The molecule has 22 heavy (non-hydrogen) atoms. The number of nitrogens with one attached hydrogen (secondary N) is 1. The van der Waals surface area contributed by atoms with Crippen LogP contribution in [0.15, 0.2) is 46.9 Å². The van der Waals surface area contributed by atoms with Crippen LogP contribution in [0.25, 0.3) is 10.9 Å². The summed E-state index contributed by atoms with van der Waals surface area (Å²) in [6, 6.07) is 6.31. The molecule has 1 N–H and O–H groups in total. The molecule has 114 valence electrons. The number of rotatable bonds is 3. The summed E-state index contributed by atoms with van der Waals surface area (Å²) in [5.74, 6) is -0.588. The van der Waals surface area contributed by atoms with Gasteiger partial charge < -0.3 is 5.32 Å². The van der Waals surface area contributed by atoms with E-state index in [0.29, 0.717) is 10.9 Å². The number of nitrogens with zero attached hydrogens (tertiary/aromatic N) is 2. The van der Waals surface area contributed by atoms with Gasteiger partial charge in [-0.3, -0.25) is 14.2 Å². The third-order valence-corrected chi connectivity index (χ3v) is 4.72. The van der Waals surface area contributed by atoms with E-state index >= 15 is 0 Å². The number of benzene rings is 1. The molecule has 1 aliphatic rings. The van der Waals surface area contributed by atoms with Crippen molar-refractivity contribution in [1.82, 2.24) is 14.9 Å². The number of carbonyl (C=O) groups is 1. The molecule has 0 aliphatic carbocycles. The first-order chi connectivity index (χ1) is 10.4. The zero-order valence-corrected chi connectivity index (χ0v) is 12.3. The average Bonchev–Trinajstić information content (AvgIpc) is 2.81. The van der Waals surface area contributed by atoms with E-state index in [1.54, 1.807) is 24.3 Å². The summed E-state index contributed by atoms with van der Waals surface area (Å²) in [5.41, 5.74) is 0.254. The SMILES string of the molecule is O=C(Cn1cnc2ccccc2c1=O)NC1C=CS(=O)(=O)C1. The minimum Gasteiger partial charge on any atom is -0.347 e. The van der Waals surface area contributed by atoms with Gasteiger partial charge in [0.2, 0.25) is 5.91 Å². The molecule has 0 saturated carbocycles. The van der Waals surface area contributed by atoms with Gasteiger partial charge in [0, 0.05) is 5.41 Å². The van der Waals surface area contributed by atoms with E-state index < -0.39 is 21.8 Å². The fraction of sp³-hybridized carbons (Fsp3) is 0.214. The lowest BCUT2D eigenvalue weighted by Crippen LogP contribution is -2.39. The molecule has 1 unspecified atom stereocenters. The smallest absolute Gasteiger partial charge is 0.261 e. The van der Waals surface area contributed by atoms with Gasteiger partial charge in [0.25, 0.3) is 5.56 Å². The third-order valence-electron chi connectivity index (χ3n) is 3.32. The minimum absolute atomic E-state index is 0.149. The molecule has 1 amide bonds. The highest BCUT2D eigenvalue weighted by atomic mass is 32.2. The Balaban J connectivity index is 1.76. The van der Waals surface area contributed by atoms with Crippen LogP contribution in [-0.2, 0) is 21.2 Å². The Hall–Kier alpha value is -2.48. The van der Waals surface area contributed by atoms with E-state index in [-0.39, 0.29) is 17.9 Å². The fourth-order valence-corrected chi connectivity index (χ4v) is 3.53. The molecule has 1 aliphatic heterocycles. The number of aromatic nitrogens is 2. The number of hydrogen-bond acceptors (Lipinski definition) is 5. The molecular weight excluding hydrogens is 306 g/mol.